The van der Waals surface area contributed by atoms with Crippen LogP contribution in [0.4, 0.5) is 8.78 Å². The van der Waals surface area contributed by atoms with Gasteiger partial charge in [-0.3, -0.25) is 9.20 Å². The largest absolute Gasteiger partial charge is 0.336 e. The van der Waals surface area contributed by atoms with Crippen molar-refractivity contribution in [3.05, 3.63) is 83.6 Å². The SMILES string of the molecule is Cc1cccc2nc(C(=O)N(C)Cc3cnn(-c4ccc(F)cc4)c3)c(F)n12. The molecule has 0 atom stereocenters. The summed E-state index contributed by atoms with van der Waals surface area (Å²) in [6, 6.07) is 11.1. The van der Waals surface area contributed by atoms with E-state index in [9.17, 15) is 13.6 Å². The minimum absolute atomic E-state index is 0.220. The molecule has 0 N–H and O–H groups in total. The number of carbonyl (C=O) groups is 1. The molecule has 0 unspecified atom stereocenters. The van der Waals surface area contributed by atoms with Gasteiger partial charge in [0.15, 0.2) is 5.69 Å². The Labute approximate surface area is 159 Å². The zero-order valence-corrected chi connectivity index (χ0v) is 15.3. The minimum Gasteiger partial charge on any atom is -0.336 e. The van der Waals surface area contributed by atoms with Gasteiger partial charge in [-0.1, -0.05) is 6.07 Å². The second-order valence-corrected chi connectivity index (χ2v) is 6.54. The van der Waals surface area contributed by atoms with Gasteiger partial charge >= 0.3 is 0 Å². The molecule has 0 saturated carbocycles. The molecule has 1 aromatic carbocycles. The van der Waals surface area contributed by atoms with E-state index in [1.165, 1.54) is 21.4 Å². The Morgan fingerprint density at radius 2 is 1.89 bits per heavy atom. The third kappa shape index (κ3) is 3.13. The average Bonchev–Trinajstić information content (AvgIpc) is 3.27. The van der Waals surface area contributed by atoms with Gasteiger partial charge in [-0.05, 0) is 43.3 Å². The molecule has 0 aliphatic carbocycles. The van der Waals surface area contributed by atoms with Crippen LogP contribution in [0.25, 0.3) is 11.3 Å². The first-order valence-electron chi connectivity index (χ1n) is 8.62. The van der Waals surface area contributed by atoms with Crippen molar-refractivity contribution >= 4 is 11.6 Å². The maximum atomic E-state index is 14.7. The van der Waals surface area contributed by atoms with E-state index in [-0.39, 0.29) is 18.1 Å². The second kappa shape index (κ2) is 6.88. The lowest BCUT2D eigenvalue weighted by molar-refractivity contribution is 0.0774. The predicted octanol–water partition coefficient (Wildman–Crippen LogP) is 3.38. The Kier molecular flexibility index (Phi) is 4.38. The van der Waals surface area contributed by atoms with Gasteiger partial charge in [0.1, 0.15) is 11.5 Å². The number of rotatable bonds is 4. The van der Waals surface area contributed by atoms with Gasteiger partial charge in [0, 0.05) is 31.0 Å². The molecule has 0 saturated heterocycles. The normalized spacial score (nSPS) is 11.1. The summed E-state index contributed by atoms with van der Waals surface area (Å²) < 4.78 is 30.7. The smallest absolute Gasteiger partial charge is 0.277 e. The zero-order valence-electron chi connectivity index (χ0n) is 15.3. The molecule has 4 aromatic rings. The van der Waals surface area contributed by atoms with Gasteiger partial charge in [-0.25, -0.2) is 14.1 Å². The number of aromatic nitrogens is 4. The van der Waals surface area contributed by atoms with Crippen molar-refractivity contribution in [3.63, 3.8) is 0 Å². The Hall–Kier alpha value is -3.55. The Balaban J connectivity index is 1.55. The topological polar surface area (TPSA) is 55.4 Å². The molecule has 3 heterocycles. The summed E-state index contributed by atoms with van der Waals surface area (Å²) in [7, 11) is 1.58. The number of carbonyl (C=O) groups excluding carboxylic acids is 1. The monoisotopic (exact) mass is 381 g/mol. The lowest BCUT2D eigenvalue weighted by Crippen LogP contribution is -2.27. The number of imidazole rings is 1. The lowest BCUT2D eigenvalue weighted by atomic mass is 10.3. The highest BCUT2D eigenvalue weighted by atomic mass is 19.1. The molecular formula is C20H17F2N5O. The summed E-state index contributed by atoms with van der Waals surface area (Å²) in [6.45, 7) is 1.98. The molecular weight excluding hydrogens is 364 g/mol. The highest BCUT2D eigenvalue weighted by Gasteiger charge is 2.23. The summed E-state index contributed by atoms with van der Waals surface area (Å²) in [4.78, 5) is 18.2. The fourth-order valence-electron chi connectivity index (χ4n) is 3.05. The molecule has 0 fully saturated rings. The molecule has 4 rings (SSSR count). The number of hydrogen-bond donors (Lipinski definition) is 0. The molecule has 0 bridgehead atoms. The Morgan fingerprint density at radius 1 is 1.14 bits per heavy atom. The number of halogens is 2. The second-order valence-electron chi connectivity index (χ2n) is 6.54. The van der Waals surface area contributed by atoms with Gasteiger partial charge in [-0.15, -0.1) is 0 Å². The highest BCUT2D eigenvalue weighted by Crippen LogP contribution is 2.17. The van der Waals surface area contributed by atoms with Crippen LogP contribution in [0.3, 0.4) is 0 Å². The molecule has 0 radical (unpaired) electrons. The lowest BCUT2D eigenvalue weighted by Gasteiger charge is -2.14. The molecule has 1 amide bonds. The quantitative estimate of drug-likeness (QED) is 0.545. The van der Waals surface area contributed by atoms with Crippen LogP contribution in [0.2, 0.25) is 0 Å². The summed E-state index contributed by atoms with van der Waals surface area (Å²) in [5.74, 6) is -1.52. The van der Waals surface area contributed by atoms with Crippen LogP contribution in [0.1, 0.15) is 21.7 Å². The minimum atomic E-state index is -0.674. The molecule has 3 aromatic heterocycles. The van der Waals surface area contributed by atoms with Gasteiger partial charge in [0.2, 0.25) is 5.95 Å². The van der Waals surface area contributed by atoms with Crippen LogP contribution in [0, 0.1) is 18.7 Å². The number of benzene rings is 1. The van der Waals surface area contributed by atoms with E-state index in [1.54, 1.807) is 61.4 Å². The molecule has 8 heteroatoms. The Bertz CT molecular complexity index is 1160. The van der Waals surface area contributed by atoms with E-state index >= 15 is 0 Å². The number of fused-ring (bicyclic) bond motifs is 1. The van der Waals surface area contributed by atoms with E-state index in [0.29, 0.717) is 17.0 Å². The van der Waals surface area contributed by atoms with Crippen molar-refractivity contribution in [1.82, 2.24) is 24.1 Å². The van der Waals surface area contributed by atoms with Crippen LogP contribution in [-0.4, -0.2) is 37.0 Å². The maximum Gasteiger partial charge on any atom is 0.277 e. The number of nitrogens with zero attached hydrogens (tertiary/aromatic N) is 5. The van der Waals surface area contributed by atoms with Gasteiger partial charge < -0.3 is 4.90 Å². The number of hydrogen-bond acceptors (Lipinski definition) is 3. The van der Waals surface area contributed by atoms with E-state index in [4.69, 9.17) is 0 Å². The van der Waals surface area contributed by atoms with Crippen molar-refractivity contribution in [2.24, 2.45) is 0 Å². The third-order valence-corrected chi connectivity index (χ3v) is 4.48. The number of amides is 1. The summed E-state index contributed by atoms with van der Waals surface area (Å²) >= 11 is 0. The fourth-order valence-corrected chi connectivity index (χ4v) is 3.05. The van der Waals surface area contributed by atoms with Gasteiger partial charge in [-0.2, -0.15) is 9.49 Å². The van der Waals surface area contributed by atoms with E-state index in [1.807, 2.05) is 0 Å². The van der Waals surface area contributed by atoms with Crippen molar-refractivity contribution < 1.29 is 13.6 Å². The van der Waals surface area contributed by atoms with Crippen molar-refractivity contribution in [1.29, 1.82) is 0 Å². The van der Waals surface area contributed by atoms with Gasteiger partial charge in [0.05, 0.1) is 11.9 Å². The maximum absolute atomic E-state index is 14.7. The predicted molar refractivity (Wildman–Crippen MR) is 99.2 cm³/mol. The summed E-state index contributed by atoms with van der Waals surface area (Å²) in [5, 5.41) is 4.23. The number of pyridine rings is 1. The summed E-state index contributed by atoms with van der Waals surface area (Å²) in [5.41, 5.74) is 2.27. The van der Waals surface area contributed by atoms with Gasteiger partial charge in [0.25, 0.3) is 5.91 Å². The van der Waals surface area contributed by atoms with E-state index in [0.717, 1.165) is 5.56 Å². The van der Waals surface area contributed by atoms with Crippen molar-refractivity contribution in [3.8, 4) is 5.69 Å². The molecule has 0 aliphatic rings. The van der Waals surface area contributed by atoms with Crippen LogP contribution in [0.5, 0.6) is 0 Å². The fraction of sp³-hybridized carbons (Fsp3) is 0.150. The molecule has 0 spiro atoms. The first kappa shape index (κ1) is 17.8. The molecule has 6 nitrogen and oxygen atoms in total. The number of aryl methyl sites for hydroxylation is 1. The average molecular weight is 381 g/mol. The molecule has 0 aliphatic heterocycles. The molecule has 28 heavy (non-hydrogen) atoms. The summed E-state index contributed by atoms with van der Waals surface area (Å²) in [6.07, 6.45) is 3.35. The van der Waals surface area contributed by atoms with Crippen molar-refractivity contribution in [2.75, 3.05) is 7.05 Å². The van der Waals surface area contributed by atoms with Crippen LogP contribution in [0.15, 0.2) is 54.9 Å². The molecule has 142 valence electrons. The first-order valence-corrected chi connectivity index (χ1v) is 8.62. The van der Waals surface area contributed by atoms with E-state index < -0.39 is 11.9 Å². The first-order chi connectivity index (χ1) is 13.4. The Morgan fingerprint density at radius 3 is 2.61 bits per heavy atom. The zero-order chi connectivity index (χ0) is 19.8. The van der Waals surface area contributed by atoms with E-state index in [2.05, 4.69) is 10.1 Å². The standard InChI is InChI=1S/C20H17F2N5O/c1-13-4-3-5-17-24-18(19(22)27(13)17)20(28)25(2)11-14-10-23-26(12-14)16-8-6-15(21)7-9-16/h3-10,12H,11H2,1-2H3. The van der Waals surface area contributed by atoms with Crippen LogP contribution < -0.4 is 0 Å². The van der Waals surface area contributed by atoms with Crippen molar-refractivity contribution in [2.45, 2.75) is 13.5 Å². The highest BCUT2D eigenvalue weighted by molar-refractivity contribution is 5.93. The van der Waals surface area contributed by atoms with Crippen LogP contribution in [-0.2, 0) is 6.54 Å². The van der Waals surface area contributed by atoms with Crippen LogP contribution >= 0.6 is 0 Å². The third-order valence-electron chi connectivity index (χ3n) is 4.48.